The normalized spacial score (nSPS) is 26.2. The highest BCUT2D eigenvalue weighted by Gasteiger charge is 2.64. The van der Waals surface area contributed by atoms with Crippen molar-refractivity contribution < 1.29 is 23.9 Å². The van der Waals surface area contributed by atoms with Gasteiger partial charge in [-0.1, -0.05) is 12.1 Å². The first-order chi connectivity index (χ1) is 14.4. The lowest BCUT2D eigenvalue weighted by Crippen LogP contribution is -2.69. The van der Waals surface area contributed by atoms with Crippen LogP contribution in [0.4, 0.5) is 5.69 Å². The number of hydrogen-bond donors (Lipinski definition) is 1. The van der Waals surface area contributed by atoms with Crippen molar-refractivity contribution in [2.75, 3.05) is 11.5 Å². The first-order valence-corrected chi connectivity index (χ1v) is 10.7. The number of nitrogens with zero attached hydrogens (tertiary/aromatic N) is 2. The predicted molar refractivity (Wildman–Crippen MR) is 106 cm³/mol. The van der Waals surface area contributed by atoms with E-state index in [1.807, 2.05) is 6.92 Å². The fourth-order valence-electron chi connectivity index (χ4n) is 4.77. The van der Waals surface area contributed by atoms with E-state index in [4.69, 9.17) is 4.74 Å². The first kappa shape index (κ1) is 19.1. The van der Waals surface area contributed by atoms with Gasteiger partial charge in [0.1, 0.15) is 0 Å². The summed E-state index contributed by atoms with van der Waals surface area (Å²) in [5.41, 5.74) is -0.656. The number of carbonyl (C=O) groups is 4. The quantitative estimate of drug-likeness (QED) is 0.717. The maximum Gasteiger partial charge on any atom is 0.354 e. The third-order valence-electron chi connectivity index (χ3n) is 6.59. The second-order valence-electron chi connectivity index (χ2n) is 8.74. The van der Waals surface area contributed by atoms with Crippen LogP contribution in [0.1, 0.15) is 55.8 Å². The molecule has 2 heterocycles. The lowest BCUT2D eigenvalue weighted by Gasteiger charge is -2.48. The summed E-state index contributed by atoms with van der Waals surface area (Å²) in [5.74, 6) is -1.07. The third-order valence-corrected chi connectivity index (χ3v) is 6.59. The second-order valence-corrected chi connectivity index (χ2v) is 8.74. The van der Waals surface area contributed by atoms with Crippen molar-refractivity contribution in [3.63, 3.8) is 0 Å². The van der Waals surface area contributed by atoms with Gasteiger partial charge in [-0.05, 0) is 50.7 Å². The molecule has 3 fully saturated rings. The van der Waals surface area contributed by atoms with Crippen molar-refractivity contribution in [1.82, 2.24) is 10.2 Å². The lowest BCUT2D eigenvalue weighted by molar-refractivity contribution is -0.160. The summed E-state index contributed by atoms with van der Waals surface area (Å²) in [7, 11) is 0. The molecule has 8 heteroatoms. The first-order valence-electron chi connectivity index (χ1n) is 10.7. The van der Waals surface area contributed by atoms with E-state index in [1.165, 1.54) is 9.80 Å². The summed E-state index contributed by atoms with van der Waals surface area (Å²) in [5, 5.41) is 2.86. The number of nitrogens with one attached hydrogen (secondary N) is 1. The molecule has 0 spiro atoms. The molecule has 8 nitrogen and oxygen atoms in total. The molecule has 2 aliphatic carbocycles. The summed E-state index contributed by atoms with van der Waals surface area (Å²) in [6.07, 6.45) is 4.07. The van der Waals surface area contributed by atoms with Crippen LogP contribution >= 0.6 is 0 Å². The number of rotatable bonds is 6. The fourth-order valence-corrected chi connectivity index (χ4v) is 4.77. The van der Waals surface area contributed by atoms with Crippen LogP contribution in [0.15, 0.2) is 24.3 Å². The zero-order valence-electron chi connectivity index (χ0n) is 16.9. The van der Waals surface area contributed by atoms with E-state index >= 15 is 0 Å². The summed E-state index contributed by atoms with van der Waals surface area (Å²) in [4.78, 5) is 54.8. The van der Waals surface area contributed by atoms with E-state index in [2.05, 4.69) is 5.32 Å². The molecule has 0 bridgehead atoms. The molecular weight excluding hydrogens is 386 g/mol. The molecule has 1 aromatic carbocycles. The van der Waals surface area contributed by atoms with Gasteiger partial charge >= 0.3 is 5.97 Å². The summed E-state index contributed by atoms with van der Waals surface area (Å²) < 4.78 is 5.43. The molecule has 2 saturated carbocycles. The van der Waals surface area contributed by atoms with E-state index in [-0.39, 0.29) is 42.6 Å². The molecule has 1 saturated heterocycles. The molecule has 2 aliphatic heterocycles. The molecular formula is C22H25N3O5. The van der Waals surface area contributed by atoms with Crippen LogP contribution in [-0.2, 0) is 19.1 Å². The second kappa shape index (κ2) is 6.82. The van der Waals surface area contributed by atoms with Gasteiger partial charge in [0.05, 0.1) is 11.3 Å². The van der Waals surface area contributed by atoms with Gasteiger partial charge in [0.2, 0.25) is 11.6 Å². The molecule has 5 rings (SSSR count). The molecule has 158 valence electrons. The van der Waals surface area contributed by atoms with E-state index in [1.54, 1.807) is 24.3 Å². The maximum absolute atomic E-state index is 13.4. The fraction of sp³-hybridized carbons (Fsp3) is 0.545. The number of carbonyl (C=O) groups excluding carboxylic acids is 4. The zero-order valence-corrected chi connectivity index (χ0v) is 16.9. The van der Waals surface area contributed by atoms with Crippen LogP contribution in [-0.4, -0.2) is 52.9 Å². The Hall–Kier alpha value is -2.90. The molecule has 4 aliphatic rings. The van der Waals surface area contributed by atoms with Crippen molar-refractivity contribution in [1.29, 1.82) is 0 Å². The van der Waals surface area contributed by atoms with Gasteiger partial charge in [-0.15, -0.1) is 0 Å². The highest BCUT2D eigenvalue weighted by Crippen LogP contribution is 2.49. The van der Waals surface area contributed by atoms with Gasteiger partial charge in [0.15, 0.2) is 6.61 Å². The molecule has 0 unspecified atom stereocenters. The molecule has 1 aromatic rings. The molecule has 2 atom stereocenters. The Morgan fingerprint density at radius 3 is 2.63 bits per heavy atom. The van der Waals surface area contributed by atoms with Gasteiger partial charge in [0, 0.05) is 24.9 Å². The van der Waals surface area contributed by atoms with Crippen LogP contribution in [0.5, 0.6) is 0 Å². The molecule has 3 amide bonds. The number of ether oxygens (including phenoxy) is 1. The maximum atomic E-state index is 13.4. The minimum absolute atomic E-state index is 0.0463. The van der Waals surface area contributed by atoms with E-state index < -0.39 is 18.2 Å². The van der Waals surface area contributed by atoms with Crippen molar-refractivity contribution >= 4 is 29.4 Å². The molecule has 0 aromatic heterocycles. The standard InChI is InChI=1S/C22H25N3O5/c1-13(14-6-7-14)23-18(26)12-30-21(29)22-11-10-19(27)25(22)17-5-3-2-4-16(17)20(28)24(22)15-8-9-15/h2-5,13-15H,6-12H2,1H3,(H,23,26)/t13-,22-/m0/s1. The smallest absolute Gasteiger partial charge is 0.354 e. The van der Waals surface area contributed by atoms with Crippen molar-refractivity contribution in [2.24, 2.45) is 5.92 Å². The molecule has 0 radical (unpaired) electrons. The predicted octanol–water partition coefficient (Wildman–Crippen LogP) is 1.59. The van der Waals surface area contributed by atoms with Crippen LogP contribution in [0.2, 0.25) is 0 Å². The number of amides is 3. The van der Waals surface area contributed by atoms with E-state index in [0.29, 0.717) is 17.2 Å². The van der Waals surface area contributed by atoms with Crippen molar-refractivity contribution in [3.05, 3.63) is 29.8 Å². The Kier molecular flexibility index (Phi) is 4.34. The summed E-state index contributed by atoms with van der Waals surface area (Å²) in [6, 6.07) is 6.81. The van der Waals surface area contributed by atoms with Gasteiger partial charge in [0.25, 0.3) is 11.8 Å². The molecule has 1 N–H and O–H groups in total. The minimum Gasteiger partial charge on any atom is -0.452 e. The monoisotopic (exact) mass is 411 g/mol. The highest BCUT2D eigenvalue weighted by atomic mass is 16.5. The average Bonchev–Trinajstić information content (AvgIpc) is 3.64. The lowest BCUT2D eigenvalue weighted by atomic mass is 9.96. The summed E-state index contributed by atoms with van der Waals surface area (Å²) in [6.45, 7) is 1.52. The van der Waals surface area contributed by atoms with Crippen LogP contribution < -0.4 is 10.2 Å². The minimum atomic E-state index is -1.51. The topological polar surface area (TPSA) is 96.0 Å². The van der Waals surface area contributed by atoms with Crippen LogP contribution in [0.3, 0.4) is 0 Å². The number of hydrogen-bond acceptors (Lipinski definition) is 5. The Balaban J connectivity index is 1.43. The van der Waals surface area contributed by atoms with Crippen LogP contribution in [0, 0.1) is 5.92 Å². The Bertz CT molecular complexity index is 938. The van der Waals surface area contributed by atoms with E-state index in [9.17, 15) is 19.2 Å². The van der Waals surface area contributed by atoms with Gasteiger partial charge in [-0.2, -0.15) is 0 Å². The summed E-state index contributed by atoms with van der Waals surface area (Å²) >= 11 is 0. The largest absolute Gasteiger partial charge is 0.452 e. The number of benzene rings is 1. The highest BCUT2D eigenvalue weighted by molar-refractivity contribution is 6.15. The van der Waals surface area contributed by atoms with Gasteiger partial charge in [-0.25, -0.2) is 4.79 Å². The third kappa shape index (κ3) is 2.88. The molecule has 30 heavy (non-hydrogen) atoms. The number of esters is 1. The number of para-hydroxylation sites is 1. The number of fused-ring (bicyclic) bond motifs is 3. The Morgan fingerprint density at radius 1 is 1.20 bits per heavy atom. The van der Waals surface area contributed by atoms with Crippen LogP contribution in [0.25, 0.3) is 0 Å². The van der Waals surface area contributed by atoms with Crippen molar-refractivity contribution in [3.8, 4) is 0 Å². The van der Waals surface area contributed by atoms with E-state index in [0.717, 1.165) is 25.7 Å². The van der Waals surface area contributed by atoms with Gasteiger partial charge < -0.3 is 15.0 Å². The zero-order chi connectivity index (χ0) is 21.0. The average molecular weight is 411 g/mol. The van der Waals surface area contributed by atoms with Crippen molar-refractivity contribution in [2.45, 2.75) is 63.2 Å². The Morgan fingerprint density at radius 2 is 1.93 bits per heavy atom. The Labute approximate surface area is 174 Å². The van der Waals surface area contributed by atoms with Gasteiger partial charge in [-0.3, -0.25) is 19.3 Å². The SMILES string of the molecule is C[C@H](NC(=O)COC(=O)[C@]12CCC(=O)N1c1ccccc1C(=O)N2C1CC1)C1CC1. The number of anilines is 1.